The van der Waals surface area contributed by atoms with Crippen LogP contribution in [0, 0.1) is 6.92 Å². The summed E-state index contributed by atoms with van der Waals surface area (Å²) in [5, 5.41) is 3.19. The number of piperazine rings is 1. The Morgan fingerprint density at radius 3 is 2.46 bits per heavy atom. The van der Waals surface area contributed by atoms with Crippen LogP contribution in [0.3, 0.4) is 0 Å². The van der Waals surface area contributed by atoms with Gasteiger partial charge in [-0.2, -0.15) is 0 Å². The average molecular weight is 639 g/mol. The third-order valence-electron chi connectivity index (χ3n) is 8.49. The van der Waals surface area contributed by atoms with Gasteiger partial charge in [-0.25, -0.2) is 15.0 Å². The first-order chi connectivity index (χ1) is 22.4. The van der Waals surface area contributed by atoms with E-state index in [1.54, 1.807) is 38.8 Å². The SMILES string of the molecule is CN=C(c1ccc(OC)nc1)c1cc(C(=O)NC2CCN(CC(=O)N3CCN(c4ccc(-c5ncccn5)cc4)CC3)C2)sc1C. The normalized spacial score (nSPS) is 17.3. The van der Waals surface area contributed by atoms with Crippen LogP contribution in [0.2, 0.25) is 0 Å². The quantitative estimate of drug-likeness (QED) is 0.277. The Bertz CT molecular complexity index is 1680. The van der Waals surface area contributed by atoms with E-state index in [-0.39, 0.29) is 17.9 Å². The maximum Gasteiger partial charge on any atom is 0.261 e. The van der Waals surface area contributed by atoms with Gasteiger partial charge in [-0.15, -0.1) is 11.3 Å². The summed E-state index contributed by atoms with van der Waals surface area (Å²) in [6, 6.07) is 15.7. The summed E-state index contributed by atoms with van der Waals surface area (Å²) in [6.07, 6.45) is 6.03. The standard InChI is InChI=1S/C34H38N8O3S/c1-23-28(32(35-2)25-7-10-30(45-3)38-20-25)19-29(46-23)34(44)39-26-11-14-40(21-26)22-31(43)42-17-15-41(16-18-42)27-8-5-24(6-9-27)33-36-12-4-13-37-33/h4-10,12-13,19-20,26H,11,14-18,21-22H2,1-3H3,(H,39,44). The lowest BCUT2D eigenvalue weighted by atomic mass is 10.0. The predicted molar refractivity (Wildman–Crippen MR) is 180 cm³/mol. The first-order valence-electron chi connectivity index (χ1n) is 15.4. The molecule has 0 bridgehead atoms. The summed E-state index contributed by atoms with van der Waals surface area (Å²) in [5.41, 5.74) is 4.68. The molecule has 2 saturated heterocycles. The number of nitrogens with one attached hydrogen (secondary N) is 1. The lowest BCUT2D eigenvalue weighted by Crippen LogP contribution is -2.51. The zero-order valence-corrected chi connectivity index (χ0v) is 27.2. The number of carbonyl (C=O) groups excluding carboxylic acids is 2. The van der Waals surface area contributed by atoms with Gasteiger partial charge >= 0.3 is 0 Å². The molecule has 238 valence electrons. The molecule has 0 radical (unpaired) electrons. The van der Waals surface area contributed by atoms with Gasteiger partial charge in [0.05, 0.1) is 24.2 Å². The fourth-order valence-corrected chi connectivity index (χ4v) is 6.92. The van der Waals surface area contributed by atoms with Crippen LogP contribution in [0.15, 0.2) is 72.1 Å². The number of amides is 2. The van der Waals surface area contributed by atoms with Crippen LogP contribution in [0.1, 0.15) is 32.1 Å². The van der Waals surface area contributed by atoms with Crippen molar-refractivity contribution in [2.24, 2.45) is 4.99 Å². The molecule has 0 aliphatic carbocycles. The first kappa shape index (κ1) is 31.3. The summed E-state index contributed by atoms with van der Waals surface area (Å²) in [6.45, 7) is 6.75. The monoisotopic (exact) mass is 638 g/mol. The molecule has 6 rings (SSSR count). The molecule has 1 atom stereocenters. The van der Waals surface area contributed by atoms with Gasteiger partial charge in [-0.1, -0.05) is 0 Å². The summed E-state index contributed by atoms with van der Waals surface area (Å²) in [7, 11) is 3.32. The summed E-state index contributed by atoms with van der Waals surface area (Å²) in [4.78, 5) is 51.9. The van der Waals surface area contributed by atoms with E-state index in [1.807, 2.05) is 42.2 Å². The van der Waals surface area contributed by atoms with Crippen LogP contribution in [-0.4, -0.2) is 108 Å². The summed E-state index contributed by atoms with van der Waals surface area (Å²) >= 11 is 1.46. The molecule has 11 nitrogen and oxygen atoms in total. The molecular formula is C34H38N8O3S. The largest absolute Gasteiger partial charge is 0.481 e. The molecule has 2 aliphatic rings. The van der Waals surface area contributed by atoms with E-state index in [0.29, 0.717) is 42.8 Å². The number of likely N-dealkylation sites (tertiary alicyclic amines) is 1. The van der Waals surface area contributed by atoms with Crippen molar-refractivity contribution in [1.29, 1.82) is 0 Å². The molecular weight excluding hydrogens is 600 g/mol. The Labute approximate surface area is 273 Å². The lowest BCUT2D eigenvalue weighted by molar-refractivity contribution is -0.132. The zero-order valence-electron chi connectivity index (χ0n) is 26.3. The van der Waals surface area contributed by atoms with E-state index in [4.69, 9.17) is 4.74 Å². The molecule has 2 amide bonds. The highest BCUT2D eigenvalue weighted by atomic mass is 32.1. The maximum absolute atomic E-state index is 13.2. The van der Waals surface area contributed by atoms with Gasteiger partial charge in [-0.3, -0.25) is 19.5 Å². The number of aryl methyl sites for hydroxylation is 1. The highest BCUT2D eigenvalue weighted by molar-refractivity contribution is 7.14. The van der Waals surface area contributed by atoms with Gasteiger partial charge in [-0.05, 0) is 55.8 Å². The predicted octanol–water partition coefficient (Wildman–Crippen LogP) is 3.54. The van der Waals surface area contributed by atoms with E-state index in [9.17, 15) is 9.59 Å². The number of thiophene rings is 1. The number of hydrogen-bond acceptors (Lipinski definition) is 10. The number of anilines is 1. The fraction of sp³-hybridized carbons (Fsp3) is 0.353. The van der Waals surface area contributed by atoms with Crippen molar-refractivity contribution >= 4 is 34.6 Å². The van der Waals surface area contributed by atoms with Gasteiger partial charge in [0.25, 0.3) is 5.91 Å². The third-order valence-corrected chi connectivity index (χ3v) is 9.54. The molecule has 2 fully saturated rings. The molecule has 3 aromatic heterocycles. The molecule has 2 aliphatic heterocycles. The summed E-state index contributed by atoms with van der Waals surface area (Å²) < 4.78 is 5.17. The first-order valence-corrected chi connectivity index (χ1v) is 16.2. The molecule has 46 heavy (non-hydrogen) atoms. The van der Waals surface area contributed by atoms with Crippen molar-refractivity contribution < 1.29 is 14.3 Å². The number of benzene rings is 1. The van der Waals surface area contributed by atoms with Gasteiger partial charge in [0.1, 0.15) is 0 Å². The van der Waals surface area contributed by atoms with Crippen molar-refractivity contribution in [2.45, 2.75) is 19.4 Å². The lowest BCUT2D eigenvalue weighted by Gasteiger charge is -2.36. The Kier molecular flexibility index (Phi) is 9.65. The van der Waals surface area contributed by atoms with E-state index in [0.717, 1.165) is 59.0 Å². The maximum atomic E-state index is 13.2. The molecule has 4 aromatic rings. The number of hydrogen-bond donors (Lipinski definition) is 1. The van der Waals surface area contributed by atoms with Crippen LogP contribution in [0.25, 0.3) is 11.4 Å². The molecule has 0 spiro atoms. The highest BCUT2D eigenvalue weighted by Crippen LogP contribution is 2.26. The molecule has 12 heteroatoms. The van der Waals surface area contributed by atoms with Crippen molar-refractivity contribution in [1.82, 2.24) is 30.1 Å². The van der Waals surface area contributed by atoms with Gasteiger partial charge < -0.3 is 19.9 Å². The van der Waals surface area contributed by atoms with Crippen LogP contribution < -0.4 is 15.0 Å². The number of pyridine rings is 1. The molecule has 1 aromatic carbocycles. The minimum Gasteiger partial charge on any atom is -0.481 e. The second kappa shape index (κ2) is 14.2. The van der Waals surface area contributed by atoms with E-state index >= 15 is 0 Å². The second-order valence-electron chi connectivity index (χ2n) is 11.4. The van der Waals surface area contributed by atoms with Crippen LogP contribution in [0.4, 0.5) is 5.69 Å². The Hall–Kier alpha value is -4.68. The Morgan fingerprint density at radius 2 is 1.78 bits per heavy atom. The number of aromatic nitrogens is 3. The van der Waals surface area contributed by atoms with Gasteiger partial charge in [0.2, 0.25) is 11.8 Å². The van der Waals surface area contributed by atoms with E-state index < -0.39 is 0 Å². The minimum absolute atomic E-state index is 0.00244. The summed E-state index contributed by atoms with van der Waals surface area (Å²) in [5.74, 6) is 1.29. The van der Waals surface area contributed by atoms with Crippen molar-refractivity contribution in [3.8, 4) is 17.3 Å². The Morgan fingerprint density at radius 1 is 1.02 bits per heavy atom. The zero-order chi connectivity index (χ0) is 32.0. The molecule has 1 N–H and O–H groups in total. The number of carbonyl (C=O) groups is 2. The fourth-order valence-electron chi connectivity index (χ4n) is 6.00. The van der Waals surface area contributed by atoms with E-state index in [1.165, 1.54) is 11.3 Å². The topological polar surface area (TPSA) is 116 Å². The van der Waals surface area contributed by atoms with Gasteiger partial charge in [0.15, 0.2) is 5.82 Å². The van der Waals surface area contributed by atoms with Crippen molar-refractivity contribution in [3.63, 3.8) is 0 Å². The van der Waals surface area contributed by atoms with Crippen LogP contribution in [0.5, 0.6) is 5.88 Å². The Balaban J connectivity index is 0.972. The molecule has 5 heterocycles. The van der Waals surface area contributed by atoms with Crippen molar-refractivity contribution in [2.75, 3.05) is 64.9 Å². The van der Waals surface area contributed by atoms with Gasteiger partial charge in [0, 0.05) is 104 Å². The molecule has 0 saturated carbocycles. The van der Waals surface area contributed by atoms with E-state index in [2.05, 4.69) is 47.2 Å². The number of ether oxygens (including phenoxy) is 1. The average Bonchev–Trinajstić information content (AvgIpc) is 3.71. The van der Waals surface area contributed by atoms with Crippen LogP contribution >= 0.6 is 11.3 Å². The number of nitrogens with zero attached hydrogens (tertiary/aromatic N) is 7. The minimum atomic E-state index is -0.0960. The number of aliphatic imine (C=N–C) groups is 1. The second-order valence-corrected chi connectivity index (χ2v) is 12.7. The number of methoxy groups -OCH3 is 1. The molecule has 1 unspecified atom stereocenters. The van der Waals surface area contributed by atoms with Crippen LogP contribution in [-0.2, 0) is 4.79 Å². The smallest absolute Gasteiger partial charge is 0.261 e. The van der Waals surface area contributed by atoms with Crippen molar-refractivity contribution in [3.05, 3.63) is 88.0 Å². The highest BCUT2D eigenvalue weighted by Gasteiger charge is 2.29. The number of rotatable bonds is 9. The third kappa shape index (κ3) is 7.08.